The summed E-state index contributed by atoms with van der Waals surface area (Å²) in [6.07, 6.45) is 4.46. The number of non-ortho nitro benzene ring substituents is 1. The maximum Gasteiger partial charge on any atom is 0.303 e. The predicted molar refractivity (Wildman–Crippen MR) is 85.5 cm³/mol. The van der Waals surface area contributed by atoms with Crippen LogP contribution in [-0.2, 0) is 4.79 Å². The van der Waals surface area contributed by atoms with Crippen LogP contribution in [0.4, 0.5) is 5.69 Å². The van der Waals surface area contributed by atoms with E-state index < -0.39 is 10.9 Å². The lowest BCUT2D eigenvalue weighted by Gasteiger charge is -2.07. The summed E-state index contributed by atoms with van der Waals surface area (Å²) in [5, 5.41) is 22.0. The molecule has 0 radical (unpaired) electrons. The van der Waals surface area contributed by atoms with Gasteiger partial charge < -0.3 is 10.4 Å². The first-order valence-corrected chi connectivity index (χ1v) is 7.67. The number of rotatable bonds is 10. The molecule has 0 aliphatic heterocycles. The summed E-state index contributed by atoms with van der Waals surface area (Å²) in [5.74, 6) is -1.00. The van der Waals surface area contributed by atoms with E-state index >= 15 is 0 Å². The highest BCUT2D eigenvalue weighted by Gasteiger charge is 2.12. The monoisotopic (exact) mass is 322 g/mol. The van der Waals surface area contributed by atoms with Crippen LogP contribution < -0.4 is 5.32 Å². The van der Waals surface area contributed by atoms with Crippen molar-refractivity contribution in [3.05, 3.63) is 39.4 Å². The minimum atomic E-state index is -0.768. The van der Waals surface area contributed by atoms with Crippen molar-refractivity contribution in [3.63, 3.8) is 0 Å². The Hall–Kier alpha value is -2.44. The van der Waals surface area contributed by atoms with Crippen molar-refractivity contribution in [2.45, 2.75) is 45.4 Å². The number of nitro groups is 1. The van der Waals surface area contributed by atoms with Gasteiger partial charge >= 0.3 is 5.97 Å². The highest BCUT2D eigenvalue weighted by Crippen LogP contribution is 2.17. The highest BCUT2D eigenvalue weighted by molar-refractivity contribution is 5.95. The molecule has 0 heterocycles. The third kappa shape index (κ3) is 6.90. The smallest absolute Gasteiger partial charge is 0.303 e. The van der Waals surface area contributed by atoms with Crippen molar-refractivity contribution in [2.75, 3.05) is 6.54 Å². The molecule has 2 N–H and O–H groups in total. The van der Waals surface area contributed by atoms with E-state index in [1.807, 2.05) is 0 Å². The fourth-order valence-corrected chi connectivity index (χ4v) is 2.24. The van der Waals surface area contributed by atoms with Crippen molar-refractivity contribution in [1.82, 2.24) is 5.32 Å². The summed E-state index contributed by atoms with van der Waals surface area (Å²) in [7, 11) is 0. The number of nitrogens with zero attached hydrogens (tertiary/aromatic N) is 1. The van der Waals surface area contributed by atoms with Crippen molar-refractivity contribution in [3.8, 4) is 0 Å². The summed E-state index contributed by atoms with van der Waals surface area (Å²) in [6.45, 7) is 2.21. The van der Waals surface area contributed by atoms with Crippen LogP contribution in [0.15, 0.2) is 18.2 Å². The van der Waals surface area contributed by atoms with Gasteiger partial charge in [0.1, 0.15) is 0 Å². The molecule has 0 aliphatic carbocycles. The summed E-state index contributed by atoms with van der Waals surface area (Å²) in [5.41, 5.74) is 0.989. The molecule has 1 rings (SSSR count). The van der Waals surface area contributed by atoms with E-state index in [9.17, 15) is 19.7 Å². The Morgan fingerprint density at radius 1 is 1.17 bits per heavy atom. The van der Waals surface area contributed by atoms with Gasteiger partial charge in [-0.1, -0.05) is 19.3 Å². The van der Waals surface area contributed by atoms with Crippen LogP contribution in [-0.4, -0.2) is 28.5 Å². The van der Waals surface area contributed by atoms with Crippen molar-refractivity contribution in [1.29, 1.82) is 0 Å². The summed E-state index contributed by atoms with van der Waals surface area (Å²) in [4.78, 5) is 32.5. The maximum atomic E-state index is 12.0. The lowest BCUT2D eigenvalue weighted by atomic mass is 10.1. The molecule has 0 saturated heterocycles. The minimum absolute atomic E-state index is 0.0274. The van der Waals surface area contributed by atoms with Gasteiger partial charge in [-0.3, -0.25) is 19.7 Å². The average Bonchev–Trinajstić information content (AvgIpc) is 2.49. The van der Waals surface area contributed by atoms with Gasteiger partial charge in [-0.15, -0.1) is 0 Å². The van der Waals surface area contributed by atoms with E-state index in [0.29, 0.717) is 24.1 Å². The second kappa shape index (κ2) is 9.55. The average molecular weight is 322 g/mol. The molecule has 0 aromatic heterocycles. The highest BCUT2D eigenvalue weighted by atomic mass is 16.6. The number of benzene rings is 1. The molecule has 0 fully saturated rings. The molecular formula is C16H22N2O5. The number of amides is 1. The van der Waals surface area contributed by atoms with Crippen molar-refractivity contribution >= 4 is 17.6 Å². The quantitative estimate of drug-likeness (QED) is 0.391. The number of carboxylic acids is 1. The number of hydrogen-bond acceptors (Lipinski definition) is 4. The van der Waals surface area contributed by atoms with E-state index in [1.165, 1.54) is 18.2 Å². The zero-order chi connectivity index (χ0) is 17.2. The largest absolute Gasteiger partial charge is 0.481 e. The number of carbonyl (C=O) groups is 2. The molecule has 1 aromatic carbocycles. The number of hydrogen-bond donors (Lipinski definition) is 2. The van der Waals surface area contributed by atoms with Crippen LogP contribution in [0, 0.1) is 17.0 Å². The van der Waals surface area contributed by atoms with Crippen molar-refractivity contribution < 1.29 is 19.6 Å². The molecule has 1 aromatic rings. The normalized spacial score (nSPS) is 10.3. The van der Waals surface area contributed by atoms with Crippen LogP contribution in [0.5, 0.6) is 0 Å². The number of unbranched alkanes of at least 4 members (excludes halogenated alkanes) is 4. The van der Waals surface area contributed by atoms with Crippen LogP contribution in [0.25, 0.3) is 0 Å². The number of nitro benzene ring substituents is 1. The first-order chi connectivity index (χ1) is 10.9. The van der Waals surface area contributed by atoms with E-state index in [4.69, 9.17) is 5.11 Å². The lowest BCUT2D eigenvalue weighted by molar-refractivity contribution is -0.384. The van der Waals surface area contributed by atoms with Crippen LogP contribution in [0.1, 0.15) is 54.4 Å². The Labute approximate surface area is 134 Å². The molecule has 0 saturated carbocycles. The summed E-state index contributed by atoms with van der Waals surface area (Å²) < 4.78 is 0. The molecule has 0 atom stereocenters. The lowest BCUT2D eigenvalue weighted by Crippen LogP contribution is -2.25. The molecule has 0 aliphatic rings. The third-order valence-electron chi connectivity index (χ3n) is 3.52. The number of nitrogens with one attached hydrogen (secondary N) is 1. The molecule has 0 unspecified atom stereocenters. The number of carbonyl (C=O) groups excluding carboxylic acids is 1. The van der Waals surface area contributed by atoms with Gasteiger partial charge in [-0.25, -0.2) is 0 Å². The van der Waals surface area contributed by atoms with Crippen LogP contribution in [0.2, 0.25) is 0 Å². The van der Waals surface area contributed by atoms with Gasteiger partial charge in [0.15, 0.2) is 0 Å². The summed E-state index contributed by atoms with van der Waals surface area (Å²) >= 11 is 0. The molecule has 1 amide bonds. The second-order valence-electron chi connectivity index (χ2n) is 5.42. The fourth-order valence-electron chi connectivity index (χ4n) is 2.24. The first kappa shape index (κ1) is 18.6. The topological polar surface area (TPSA) is 110 Å². The molecule has 0 spiro atoms. The van der Waals surface area contributed by atoms with Gasteiger partial charge in [0, 0.05) is 30.7 Å². The number of aliphatic carboxylic acids is 1. The predicted octanol–water partition coefficient (Wildman–Crippen LogP) is 3.06. The Kier molecular flexibility index (Phi) is 7.73. The molecule has 7 nitrogen and oxygen atoms in total. The van der Waals surface area contributed by atoms with E-state index in [-0.39, 0.29) is 18.0 Å². The number of carboxylic acid groups (broad SMARTS) is 1. The Morgan fingerprint density at radius 2 is 1.83 bits per heavy atom. The second-order valence-corrected chi connectivity index (χ2v) is 5.42. The molecule has 126 valence electrons. The third-order valence-corrected chi connectivity index (χ3v) is 3.52. The molecule has 23 heavy (non-hydrogen) atoms. The van der Waals surface area contributed by atoms with Crippen LogP contribution in [0.3, 0.4) is 0 Å². The fraction of sp³-hybridized carbons (Fsp3) is 0.500. The SMILES string of the molecule is Cc1cc([N+](=O)[O-])ccc1C(=O)NCCCCCCCC(=O)O. The zero-order valence-corrected chi connectivity index (χ0v) is 13.2. The number of aryl methyl sites for hydroxylation is 1. The van der Waals surface area contributed by atoms with E-state index in [1.54, 1.807) is 6.92 Å². The molecule has 7 heteroatoms. The van der Waals surface area contributed by atoms with E-state index in [0.717, 1.165) is 25.7 Å². The summed E-state index contributed by atoms with van der Waals surface area (Å²) in [6, 6.07) is 4.18. The standard InChI is InChI=1S/C16H22N2O5/c1-12-11-13(18(22)23)8-9-14(12)16(21)17-10-6-4-2-3-5-7-15(19)20/h8-9,11H,2-7,10H2,1H3,(H,17,21)(H,19,20). The Bertz CT molecular complexity index is 572. The molecule has 0 bridgehead atoms. The van der Waals surface area contributed by atoms with Gasteiger partial charge in [-0.2, -0.15) is 0 Å². The van der Waals surface area contributed by atoms with Gasteiger partial charge in [0.25, 0.3) is 11.6 Å². The Morgan fingerprint density at radius 3 is 2.43 bits per heavy atom. The molecular weight excluding hydrogens is 300 g/mol. The van der Waals surface area contributed by atoms with Gasteiger partial charge in [-0.05, 0) is 31.4 Å². The van der Waals surface area contributed by atoms with Crippen molar-refractivity contribution in [2.24, 2.45) is 0 Å². The van der Waals surface area contributed by atoms with Gasteiger partial charge in [0.05, 0.1) is 4.92 Å². The minimum Gasteiger partial charge on any atom is -0.481 e. The zero-order valence-electron chi connectivity index (χ0n) is 13.2. The van der Waals surface area contributed by atoms with Gasteiger partial charge in [0.2, 0.25) is 0 Å². The Balaban J connectivity index is 2.27. The maximum absolute atomic E-state index is 12.0. The van der Waals surface area contributed by atoms with Crippen LogP contribution >= 0.6 is 0 Å². The van der Waals surface area contributed by atoms with E-state index in [2.05, 4.69) is 5.32 Å². The first-order valence-electron chi connectivity index (χ1n) is 7.67.